The molecule has 0 bridgehead atoms. The number of thiophene rings is 1. The fraction of sp³-hybridized carbons (Fsp3) is 0.533. The number of hydrogen-bond acceptors (Lipinski definition) is 6. The van der Waals surface area contributed by atoms with Gasteiger partial charge in [-0.2, -0.15) is 0 Å². The Morgan fingerprint density at radius 2 is 2.09 bits per heavy atom. The van der Waals surface area contributed by atoms with Crippen molar-refractivity contribution in [2.45, 2.75) is 45.2 Å². The third-order valence-electron chi connectivity index (χ3n) is 4.30. The lowest BCUT2D eigenvalue weighted by atomic mass is 9.97. The highest BCUT2D eigenvalue weighted by Gasteiger charge is 2.22. The van der Waals surface area contributed by atoms with Gasteiger partial charge in [0.15, 0.2) is 0 Å². The van der Waals surface area contributed by atoms with E-state index in [4.69, 9.17) is 10.8 Å². The molecule has 1 atom stereocenters. The fourth-order valence-corrected chi connectivity index (χ4v) is 4.14. The minimum atomic E-state index is -0.858. The van der Waals surface area contributed by atoms with E-state index in [0.717, 1.165) is 23.1 Å². The maximum Gasteiger partial charge on any atom is 0.320 e. The summed E-state index contributed by atoms with van der Waals surface area (Å²) in [7, 11) is 1.75. The summed E-state index contributed by atoms with van der Waals surface area (Å²) < 4.78 is 0. The lowest BCUT2D eigenvalue weighted by Crippen LogP contribution is -2.35. The minimum Gasteiger partial charge on any atom is -0.480 e. The molecule has 1 unspecified atom stereocenters. The van der Waals surface area contributed by atoms with Crippen LogP contribution in [0, 0.1) is 0 Å². The quantitative estimate of drug-likeness (QED) is 0.874. The maximum atomic E-state index is 11.0. The SMILES string of the molecule is CC(C(=O)O)N(C)Cc1nc(N)c2c3c(sc2n1)CCCC3.Cl. The summed E-state index contributed by atoms with van der Waals surface area (Å²) in [6.45, 7) is 2.02. The molecule has 0 saturated heterocycles. The Balaban J connectivity index is 0.00000192. The van der Waals surface area contributed by atoms with Crippen LogP contribution in [0.4, 0.5) is 5.82 Å². The summed E-state index contributed by atoms with van der Waals surface area (Å²) >= 11 is 1.70. The standard InChI is InChI=1S/C15H20N4O2S.ClH/c1-8(15(20)21)19(2)7-11-17-13(16)12-9-5-3-4-6-10(9)22-14(12)18-11;/h8H,3-7H2,1-2H3,(H,20,21)(H2,16,17,18);1H. The molecule has 126 valence electrons. The summed E-state index contributed by atoms with van der Waals surface area (Å²) in [5.41, 5.74) is 7.48. The van der Waals surface area contributed by atoms with Crippen LogP contribution < -0.4 is 5.73 Å². The number of carboxylic acid groups (broad SMARTS) is 1. The van der Waals surface area contributed by atoms with Crippen LogP contribution in [-0.2, 0) is 24.2 Å². The van der Waals surface area contributed by atoms with E-state index in [2.05, 4.69) is 9.97 Å². The first kappa shape index (κ1) is 17.9. The van der Waals surface area contributed by atoms with Gasteiger partial charge in [-0.1, -0.05) is 0 Å². The molecule has 23 heavy (non-hydrogen) atoms. The summed E-state index contributed by atoms with van der Waals surface area (Å²) in [6, 6.07) is -0.586. The number of likely N-dealkylation sites (N-methyl/N-ethyl adjacent to an activating group) is 1. The number of nitrogens with two attached hydrogens (primary N) is 1. The van der Waals surface area contributed by atoms with E-state index < -0.39 is 12.0 Å². The van der Waals surface area contributed by atoms with Crippen molar-refractivity contribution in [2.75, 3.05) is 12.8 Å². The minimum absolute atomic E-state index is 0. The second-order valence-electron chi connectivity index (χ2n) is 5.85. The number of halogens is 1. The zero-order valence-electron chi connectivity index (χ0n) is 13.2. The average Bonchev–Trinajstić information content (AvgIpc) is 2.84. The van der Waals surface area contributed by atoms with E-state index in [1.165, 1.54) is 23.3 Å². The van der Waals surface area contributed by atoms with E-state index in [1.807, 2.05) is 0 Å². The molecular weight excluding hydrogens is 336 g/mol. The van der Waals surface area contributed by atoms with Gasteiger partial charge in [0.05, 0.1) is 11.9 Å². The van der Waals surface area contributed by atoms with Crippen LogP contribution in [0.25, 0.3) is 10.2 Å². The summed E-state index contributed by atoms with van der Waals surface area (Å²) in [5, 5.41) is 10.1. The lowest BCUT2D eigenvalue weighted by molar-refractivity contribution is -0.142. The number of rotatable bonds is 4. The van der Waals surface area contributed by atoms with Gasteiger partial charge in [-0.15, -0.1) is 23.7 Å². The normalized spacial score (nSPS) is 15.3. The lowest BCUT2D eigenvalue weighted by Gasteiger charge is -2.20. The van der Waals surface area contributed by atoms with Gasteiger partial charge >= 0.3 is 5.97 Å². The Labute approximate surface area is 145 Å². The van der Waals surface area contributed by atoms with Crippen molar-refractivity contribution < 1.29 is 9.90 Å². The van der Waals surface area contributed by atoms with Crippen molar-refractivity contribution in [1.82, 2.24) is 14.9 Å². The van der Waals surface area contributed by atoms with Gasteiger partial charge < -0.3 is 10.8 Å². The van der Waals surface area contributed by atoms with Crippen LogP contribution in [0.3, 0.4) is 0 Å². The number of aryl methyl sites for hydroxylation is 2. The van der Waals surface area contributed by atoms with Gasteiger partial charge in [-0.05, 0) is 45.2 Å². The zero-order valence-corrected chi connectivity index (χ0v) is 14.8. The average molecular weight is 357 g/mol. The van der Waals surface area contributed by atoms with Gasteiger partial charge in [-0.25, -0.2) is 9.97 Å². The van der Waals surface area contributed by atoms with Crippen LogP contribution >= 0.6 is 23.7 Å². The Morgan fingerprint density at radius 3 is 2.78 bits per heavy atom. The number of anilines is 1. The highest BCUT2D eigenvalue weighted by atomic mass is 35.5. The van der Waals surface area contributed by atoms with Crippen molar-refractivity contribution >= 4 is 45.7 Å². The molecule has 2 heterocycles. The molecule has 2 aromatic heterocycles. The summed E-state index contributed by atoms with van der Waals surface area (Å²) in [4.78, 5) is 24.1. The molecule has 3 N–H and O–H groups in total. The van der Waals surface area contributed by atoms with Gasteiger partial charge in [0.1, 0.15) is 22.5 Å². The van der Waals surface area contributed by atoms with Crippen molar-refractivity contribution in [3.63, 3.8) is 0 Å². The van der Waals surface area contributed by atoms with Crippen LogP contribution in [0.1, 0.15) is 36.0 Å². The first-order valence-corrected chi connectivity index (χ1v) is 8.28. The zero-order chi connectivity index (χ0) is 15.9. The third kappa shape index (κ3) is 3.41. The number of fused-ring (bicyclic) bond motifs is 3. The Morgan fingerprint density at radius 1 is 1.39 bits per heavy atom. The van der Waals surface area contributed by atoms with Crippen molar-refractivity contribution in [3.05, 3.63) is 16.3 Å². The molecule has 0 spiro atoms. The van der Waals surface area contributed by atoms with Crippen molar-refractivity contribution in [3.8, 4) is 0 Å². The first-order chi connectivity index (χ1) is 10.5. The second kappa shape index (κ2) is 6.98. The number of aromatic nitrogens is 2. The summed E-state index contributed by atoms with van der Waals surface area (Å²) in [6.07, 6.45) is 4.57. The van der Waals surface area contributed by atoms with E-state index in [1.54, 1.807) is 30.2 Å². The van der Waals surface area contributed by atoms with E-state index in [-0.39, 0.29) is 12.4 Å². The fourth-order valence-electron chi connectivity index (χ4n) is 2.85. The molecule has 0 radical (unpaired) electrons. The number of carbonyl (C=O) groups is 1. The molecule has 0 aliphatic heterocycles. The predicted molar refractivity (Wildman–Crippen MR) is 94.3 cm³/mol. The molecule has 0 aromatic carbocycles. The van der Waals surface area contributed by atoms with Crippen LogP contribution in [0.15, 0.2) is 0 Å². The molecule has 0 fully saturated rings. The largest absolute Gasteiger partial charge is 0.480 e. The van der Waals surface area contributed by atoms with Crippen LogP contribution in [0.2, 0.25) is 0 Å². The predicted octanol–water partition coefficient (Wildman–Crippen LogP) is 2.48. The van der Waals surface area contributed by atoms with Gasteiger partial charge in [0, 0.05) is 4.88 Å². The molecule has 2 aromatic rings. The van der Waals surface area contributed by atoms with Crippen molar-refractivity contribution in [1.29, 1.82) is 0 Å². The first-order valence-electron chi connectivity index (χ1n) is 7.47. The molecule has 0 amide bonds. The topological polar surface area (TPSA) is 92.3 Å². The molecule has 0 saturated carbocycles. The molecule has 3 rings (SSSR count). The molecule has 6 nitrogen and oxygen atoms in total. The smallest absolute Gasteiger partial charge is 0.320 e. The van der Waals surface area contributed by atoms with Gasteiger partial charge in [0.25, 0.3) is 0 Å². The Kier molecular flexibility index (Phi) is 5.44. The van der Waals surface area contributed by atoms with E-state index in [9.17, 15) is 4.79 Å². The Bertz CT molecular complexity index is 734. The van der Waals surface area contributed by atoms with E-state index >= 15 is 0 Å². The highest BCUT2D eigenvalue weighted by Crippen LogP contribution is 2.37. The maximum absolute atomic E-state index is 11.0. The van der Waals surface area contributed by atoms with Crippen LogP contribution in [0.5, 0.6) is 0 Å². The van der Waals surface area contributed by atoms with Gasteiger partial charge in [-0.3, -0.25) is 9.69 Å². The number of hydrogen-bond donors (Lipinski definition) is 2. The number of nitrogens with zero attached hydrogens (tertiary/aromatic N) is 3. The molecular formula is C15H21ClN4O2S. The number of nitrogen functional groups attached to an aromatic ring is 1. The monoisotopic (exact) mass is 356 g/mol. The third-order valence-corrected chi connectivity index (χ3v) is 5.48. The molecule has 8 heteroatoms. The van der Waals surface area contributed by atoms with E-state index in [0.29, 0.717) is 18.2 Å². The second-order valence-corrected chi connectivity index (χ2v) is 6.93. The number of carboxylic acids is 1. The molecule has 1 aliphatic rings. The van der Waals surface area contributed by atoms with Gasteiger partial charge in [0.2, 0.25) is 0 Å². The number of aliphatic carboxylic acids is 1. The van der Waals surface area contributed by atoms with Crippen LogP contribution in [-0.4, -0.2) is 39.0 Å². The molecule has 1 aliphatic carbocycles. The Hall–Kier alpha value is -1.44. The summed E-state index contributed by atoms with van der Waals surface area (Å²) in [5.74, 6) is 0.248. The van der Waals surface area contributed by atoms with Crippen molar-refractivity contribution in [2.24, 2.45) is 0 Å². The highest BCUT2D eigenvalue weighted by molar-refractivity contribution is 7.19.